The predicted molar refractivity (Wildman–Crippen MR) is 101 cm³/mol. The SMILES string of the molecule is Cc1nc(C)c(C)c(O[C@@H](C)c2ccc(/C(N)=N/OC(=O)C3CC3)cc2)n1. The quantitative estimate of drug-likeness (QED) is 0.364. The van der Waals surface area contributed by atoms with Crippen LogP contribution in [-0.2, 0) is 9.63 Å². The fourth-order valence-electron chi connectivity index (χ4n) is 2.55. The van der Waals surface area contributed by atoms with Gasteiger partial charge in [0.2, 0.25) is 5.88 Å². The van der Waals surface area contributed by atoms with Gasteiger partial charge in [0.25, 0.3) is 0 Å². The van der Waals surface area contributed by atoms with Crippen LogP contribution in [-0.4, -0.2) is 21.8 Å². The number of hydrogen-bond acceptors (Lipinski definition) is 6. The van der Waals surface area contributed by atoms with Crippen LogP contribution in [0, 0.1) is 26.7 Å². The summed E-state index contributed by atoms with van der Waals surface area (Å²) in [6.07, 6.45) is 1.54. The van der Waals surface area contributed by atoms with E-state index in [1.54, 1.807) is 0 Å². The van der Waals surface area contributed by atoms with Crippen LogP contribution in [0.4, 0.5) is 0 Å². The molecule has 0 bridgehead atoms. The van der Waals surface area contributed by atoms with Crippen molar-refractivity contribution in [3.05, 3.63) is 52.5 Å². The minimum atomic E-state index is -0.317. The van der Waals surface area contributed by atoms with Crippen LogP contribution in [0.1, 0.15) is 54.1 Å². The Balaban J connectivity index is 1.67. The Labute approximate surface area is 158 Å². The highest BCUT2D eigenvalue weighted by Gasteiger charge is 2.31. The molecule has 0 spiro atoms. The molecule has 0 saturated heterocycles. The zero-order valence-electron chi connectivity index (χ0n) is 16.0. The number of nitrogens with two attached hydrogens (primary N) is 1. The maximum Gasteiger partial charge on any atom is 0.338 e. The summed E-state index contributed by atoms with van der Waals surface area (Å²) in [4.78, 5) is 25.1. The topological polar surface area (TPSA) is 99.7 Å². The molecule has 7 heteroatoms. The Morgan fingerprint density at radius 1 is 1.19 bits per heavy atom. The van der Waals surface area contributed by atoms with Crippen molar-refractivity contribution in [3.63, 3.8) is 0 Å². The van der Waals surface area contributed by atoms with Crippen LogP contribution >= 0.6 is 0 Å². The van der Waals surface area contributed by atoms with Crippen molar-refractivity contribution in [2.45, 2.75) is 46.6 Å². The molecule has 1 aromatic heterocycles. The zero-order valence-corrected chi connectivity index (χ0v) is 16.0. The van der Waals surface area contributed by atoms with Crippen LogP contribution in [0.3, 0.4) is 0 Å². The largest absolute Gasteiger partial charge is 0.469 e. The van der Waals surface area contributed by atoms with Crippen molar-refractivity contribution in [2.24, 2.45) is 16.8 Å². The summed E-state index contributed by atoms with van der Waals surface area (Å²) in [5, 5.41) is 3.73. The molecule has 3 rings (SSSR count). The average Bonchev–Trinajstić information content (AvgIpc) is 3.48. The molecule has 1 aliphatic carbocycles. The van der Waals surface area contributed by atoms with Gasteiger partial charge in [0.15, 0.2) is 5.84 Å². The fourth-order valence-corrected chi connectivity index (χ4v) is 2.55. The Hall–Kier alpha value is -2.96. The van der Waals surface area contributed by atoms with Crippen molar-refractivity contribution in [2.75, 3.05) is 0 Å². The van der Waals surface area contributed by atoms with Crippen molar-refractivity contribution < 1.29 is 14.4 Å². The molecule has 1 heterocycles. The van der Waals surface area contributed by atoms with E-state index < -0.39 is 0 Å². The molecular weight excluding hydrogens is 344 g/mol. The van der Waals surface area contributed by atoms with E-state index in [9.17, 15) is 4.79 Å². The third-order valence-electron chi connectivity index (χ3n) is 4.57. The Morgan fingerprint density at radius 3 is 2.48 bits per heavy atom. The Morgan fingerprint density at radius 2 is 1.85 bits per heavy atom. The highest BCUT2D eigenvalue weighted by molar-refractivity contribution is 5.97. The number of aromatic nitrogens is 2. The first-order valence-electron chi connectivity index (χ1n) is 8.98. The molecule has 1 fully saturated rings. The number of nitrogens with zero attached hydrogens (tertiary/aromatic N) is 3. The molecule has 0 aliphatic heterocycles. The maximum atomic E-state index is 11.5. The lowest BCUT2D eigenvalue weighted by molar-refractivity contribution is -0.145. The second kappa shape index (κ2) is 7.73. The van der Waals surface area contributed by atoms with E-state index in [-0.39, 0.29) is 23.8 Å². The molecule has 1 aromatic carbocycles. The molecular formula is C20H24N4O3. The predicted octanol–water partition coefficient (Wildman–Crippen LogP) is 3.12. The average molecular weight is 368 g/mol. The van der Waals surface area contributed by atoms with Gasteiger partial charge in [0.05, 0.1) is 5.92 Å². The van der Waals surface area contributed by atoms with Crippen LogP contribution in [0.2, 0.25) is 0 Å². The second-order valence-corrected chi connectivity index (χ2v) is 6.83. The monoisotopic (exact) mass is 368 g/mol. The van der Waals surface area contributed by atoms with Crippen molar-refractivity contribution in [1.82, 2.24) is 9.97 Å². The molecule has 27 heavy (non-hydrogen) atoms. The Kier molecular flexibility index (Phi) is 5.39. The number of benzene rings is 1. The second-order valence-electron chi connectivity index (χ2n) is 6.83. The summed E-state index contributed by atoms with van der Waals surface area (Å²) in [7, 11) is 0. The molecule has 0 unspecified atom stereocenters. The van der Waals surface area contributed by atoms with Gasteiger partial charge in [-0.2, -0.15) is 4.98 Å². The normalized spacial score (nSPS) is 15.3. The first-order valence-corrected chi connectivity index (χ1v) is 8.98. The van der Waals surface area contributed by atoms with Gasteiger partial charge in [-0.25, -0.2) is 9.78 Å². The van der Waals surface area contributed by atoms with Gasteiger partial charge in [-0.05, 0) is 46.1 Å². The summed E-state index contributed by atoms with van der Waals surface area (Å²) in [5.41, 5.74) is 9.37. The van der Waals surface area contributed by atoms with Gasteiger partial charge in [0.1, 0.15) is 11.9 Å². The molecule has 0 radical (unpaired) electrons. The number of carbonyl (C=O) groups is 1. The zero-order chi connectivity index (χ0) is 19.6. The van der Waals surface area contributed by atoms with E-state index in [4.69, 9.17) is 15.3 Å². The highest BCUT2D eigenvalue weighted by Crippen LogP contribution is 2.30. The summed E-state index contributed by atoms with van der Waals surface area (Å²) in [6.45, 7) is 7.68. The van der Waals surface area contributed by atoms with E-state index in [2.05, 4.69) is 15.1 Å². The van der Waals surface area contributed by atoms with Gasteiger partial charge in [-0.3, -0.25) is 0 Å². The lowest BCUT2D eigenvalue weighted by atomic mass is 10.1. The van der Waals surface area contributed by atoms with Crippen molar-refractivity contribution >= 4 is 11.8 Å². The lowest BCUT2D eigenvalue weighted by Gasteiger charge is -2.17. The number of ether oxygens (including phenoxy) is 1. The van der Waals surface area contributed by atoms with Gasteiger partial charge >= 0.3 is 5.97 Å². The molecule has 2 N–H and O–H groups in total. The summed E-state index contributed by atoms with van der Waals surface area (Å²) in [5.74, 6) is 1.11. The fraction of sp³-hybridized carbons (Fsp3) is 0.400. The molecule has 1 aliphatic rings. The molecule has 1 atom stereocenters. The first-order chi connectivity index (χ1) is 12.8. The van der Waals surface area contributed by atoms with Crippen molar-refractivity contribution in [3.8, 4) is 5.88 Å². The van der Waals surface area contributed by atoms with E-state index >= 15 is 0 Å². The first kappa shape index (κ1) is 18.8. The molecule has 1 saturated carbocycles. The van der Waals surface area contributed by atoms with E-state index in [0.717, 1.165) is 29.7 Å². The number of amidine groups is 1. The highest BCUT2D eigenvalue weighted by atomic mass is 16.7. The summed E-state index contributed by atoms with van der Waals surface area (Å²) < 4.78 is 6.02. The number of oxime groups is 1. The summed E-state index contributed by atoms with van der Waals surface area (Å²) in [6, 6.07) is 7.45. The number of carbonyl (C=O) groups excluding carboxylic acids is 1. The van der Waals surface area contributed by atoms with Gasteiger partial charge in [-0.1, -0.05) is 29.4 Å². The number of aryl methyl sites for hydroxylation is 2. The van der Waals surface area contributed by atoms with Crippen molar-refractivity contribution in [1.29, 1.82) is 0 Å². The third-order valence-corrected chi connectivity index (χ3v) is 4.57. The van der Waals surface area contributed by atoms with E-state index in [1.165, 1.54) is 0 Å². The lowest BCUT2D eigenvalue weighted by Crippen LogP contribution is -2.16. The molecule has 2 aromatic rings. The maximum absolute atomic E-state index is 11.5. The van der Waals surface area contributed by atoms with Gasteiger partial charge in [-0.15, -0.1) is 0 Å². The smallest absolute Gasteiger partial charge is 0.338 e. The van der Waals surface area contributed by atoms with Crippen LogP contribution < -0.4 is 10.5 Å². The third kappa shape index (κ3) is 4.61. The van der Waals surface area contributed by atoms with Crippen LogP contribution in [0.5, 0.6) is 5.88 Å². The number of hydrogen-bond donors (Lipinski definition) is 1. The summed E-state index contributed by atoms with van der Waals surface area (Å²) >= 11 is 0. The standard InChI is InChI=1S/C20H24N4O3/c1-11-12(2)22-14(4)23-19(11)26-13(3)15-5-7-16(8-6-15)18(21)24-27-20(25)17-9-10-17/h5-8,13,17H,9-10H2,1-4H3,(H2,21,24)/t13-/m0/s1. The van der Waals surface area contributed by atoms with Crippen LogP contribution in [0.15, 0.2) is 29.4 Å². The van der Waals surface area contributed by atoms with E-state index in [0.29, 0.717) is 17.3 Å². The van der Waals surface area contributed by atoms with E-state index in [1.807, 2.05) is 52.0 Å². The minimum absolute atomic E-state index is 0.0144. The molecule has 7 nitrogen and oxygen atoms in total. The van der Waals surface area contributed by atoms with Crippen LogP contribution in [0.25, 0.3) is 0 Å². The number of rotatable bonds is 6. The molecule has 0 amide bonds. The Bertz CT molecular complexity index is 874. The van der Waals surface area contributed by atoms with Gasteiger partial charge < -0.3 is 15.3 Å². The van der Waals surface area contributed by atoms with Gasteiger partial charge in [0, 0.05) is 16.8 Å². The molecule has 142 valence electrons. The minimum Gasteiger partial charge on any atom is -0.469 e.